The molecule has 1 fully saturated rings. The maximum absolute atomic E-state index is 13.8. The predicted molar refractivity (Wildman–Crippen MR) is 163 cm³/mol. The fraction of sp³-hybridized carbons (Fsp3) is 0.452. The lowest BCUT2D eigenvalue weighted by molar-refractivity contribution is -0.142. The molecule has 3 amide bonds. The lowest BCUT2D eigenvalue weighted by Crippen LogP contribution is -2.57. The van der Waals surface area contributed by atoms with Crippen molar-refractivity contribution in [1.82, 2.24) is 10.2 Å². The lowest BCUT2D eigenvalue weighted by Gasteiger charge is -2.36. The van der Waals surface area contributed by atoms with Crippen LogP contribution in [0.1, 0.15) is 58.6 Å². The molecule has 0 saturated carbocycles. The number of ether oxygens (including phenoxy) is 1. The fourth-order valence-corrected chi connectivity index (χ4v) is 5.57. The Morgan fingerprint density at radius 1 is 1.15 bits per heavy atom. The number of hydrogen-bond acceptors (Lipinski definition) is 4. The van der Waals surface area contributed by atoms with Crippen LogP contribution in [0.5, 0.6) is 5.75 Å². The summed E-state index contributed by atoms with van der Waals surface area (Å²) in [6.07, 6.45) is 5.37. The predicted octanol–water partition coefficient (Wildman–Crippen LogP) is 5.20. The number of nitrogens with zero attached hydrogens (tertiary/aromatic N) is 2. The van der Waals surface area contributed by atoms with E-state index in [1.165, 1.54) is 6.08 Å². The molecule has 2 heterocycles. The van der Waals surface area contributed by atoms with Gasteiger partial charge in [0.1, 0.15) is 23.4 Å². The van der Waals surface area contributed by atoms with E-state index in [-0.39, 0.29) is 23.3 Å². The highest BCUT2D eigenvalue weighted by molar-refractivity contribution is 14.1. The fourth-order valence-electron chi connectivity index (χ4n) is 5.21. The first-order valence-electron chi connectivity index (χ1n) is 13.4. The van der Waals surface area contributed by atoms with Crippen LogP contribution in [0.3, 0.4) is 0 Å². The van der Waals surface area contributed by atoms with Crippen LogP contribution in [0.25, 0.3) is 6.08 Å². The molecule has 208 valence electrons. The Morgan fingerprint density at radius 2 is 1.85 bits per heavy atom. The lowest BCUT2D eigenvalue weighted by atomic mass is 9.85. The molecule has 7 nitrogen and oxygen atoms in total. The van der Waals surface area contributed by atoms with Crippen LogP contribution >= 0.6 is 22.6 Å². The second-order valence-corrected chi connectivity index (χ2v) is 13.4. The molecule has 0 aliphatic carbocycles. The zero-order valence-electron chi connectivity index (χ0n) is 23.6. The summed E-state index contributed by atoms with van der Waals surface area (Å²) in [4.78, 5) is 43.5. The van der Waals surface area contributed by atoms with Crippen LogP contribution in [0.2, 0.25) is 0 Å². The minimum atomic E-state index is -0.777. The standard InChI is InChI=1S/C31H38IN3O4/c1-30(2,3)27(33-26(36)16-10-20-9-15-25-21(18-20)19-31(4,5)39-25)29(38)35-17-7-8-24(35)28(37)34(6)23-13-11-22(32)12-14-23/h9-16,18,24,27H,7-8,17,19H2,1-6H3,(H,33,36)/b16-10+. The summed E-state index contributed by atoms with van der Waals surface area (Å²) >= 11 is 2.23. The summed E-state index contributed by atoms with van der Waals surface area (Å²) in [5.41, 5.74) is 2.02. The van der Waals surface area contributed by atoms with Gasteiger partial charge in [-0.2, -0.15) is 0 Å². The van der Waals surface area contributed by atoms with Crippen molar-refractivity contribution in [2.75, 3.05) is 18.5 Å². The van der Waals surface area contributed by atoms with Gasteiger partial charge in [0.25, 0.3) is 0 Å². The molecule has 4 rings (SSSR count). The van der Waals surface area contributed by atoms with Gasteiger partial charge in [-0.15, -0.1) is 0 Å². The number of rotatable bonds is 6. The molecule has 2 unspecified atom stereocenters. The van der Waals surface area contributed by atoms with Gasteiger partial charge < -0.3 is 19.9 Å². The highest BCUT2D eigenvalue weighted by Gasteiger charge is 2.42. The Morgan fingerprint density at radius 3 is 2.51 bits per heavy atom. The maximum Gasteiger partial charge on any atom is 0.249 e. The third-order valence-corrected chi connectivity index (χ3v) is 8.00. The molecular weight excluding hydrogens is 605 g/mol. The quantitative estimate of drug-likeness (QED) is 0.347. The van der Waals surface area contributed by atoms with Crippen LogP contribution in [-0.2, 0) is 20.8 Å². The van der Waals surface area contributed by atoms with Crippen molar-refractivity contribution in [1.29, 1.82) is 0 Å². The third-order valence-electron chi connectivity index (χ3n) is 7.28. The summed E-state index contributed by atoms with van der Waals surface area (Å²) in [5, 5.41) is 2.93. The molecule has 39 heavy (non-hydrogen) atoms. The van der Waals surface area contributed by atoms with E-state index in [1.54, 1.807) is 22.9 Å². The molecule has 2 aliphatic heterocycles. The smallest absolute Gasteiger partial charge is 0.249 e. The molecule has 2 atom stereocenters. The number of fused-ring (bicyclic) bond motifs is 1. The number of hydrogen-bond donors (Lipinski definition) is 1. The normalized spacial score (nSPS) is 18.9. The van der Waals surface area contributed by atoms with E-state index >= 15 is 0 Å². The Hall–Kier alpha value is -2.88. The summed E-state index contributed by atoms with van der Waals surface area (Å²) in [6.45, 7) is 10.4. The van der Waals surface area contributed by atoms with E-state index in [0.29, 0.717) is 13.0 Å². The molecule has 2 aromatic carbocycles. The minimum Gasteiger partial charge on any atom is -0.487 e. The van der Waals surface area contributed by atoms with Crippen molar-refractivity contribution < 1.29 is 19.1 Å². The second kappa shape index (κ2) is 11.3. The third kappa shape index (κ3) is 6.83. The van der Waals surface area contributed by atoms with Crippen LogP contribution in [-0.4, -0.2) is 53.9 Å². The van der Waals surface area contributed by atoms with Gasteiger partial charge in [0.05, 0.1) is 0 Å². The summed E-state index contributed by atoms with van der Waals surface area (Å²) in [7, 11) is 1.74. The first-order chi connectivity index (χ1) is 18.2. The molecule has 0 bridgehead atoms. The monoisotopic (exact) mass is 643 g/mol. The van der Waals surface area contributed by atoms with E-state index in [4.69, 9.17) is 4.74 Å². The van der Waals surface area contributed by atoms with Gasteiger partial charge in [-0.25, -0.2) is 0 Å². The molecule has 1 saturated heterocycles. The zero-order chi connectivity index (χ0) is 28.5. The number of benzene rings is 2. The molecule has 0 aromatic heterocycles. The van der Waals surface area contributed by atoms with Gasteiger partial charge in [-0.3, -0.25) is 14.4 Å². The number of likely N-dealkylation sites (tertiary alicyclic amines) is 1. The highest BCUT2D eigenvalue weighted by Crippen LogP contribution is 2.35. The molecular formula is C31H38IN3O4. The maximum atomic E-state index is 13.8. The number of amides is 3. The van der Waals surface area contributed by atoms with Gasteiger partial charge in [0.15, 0.2) is 0 Å². The highest BCUT2D eigenvalue weighted by atomic mass is 127. The van der Waals surface area contributed by atoms with E-state index in [1.807, 2.05) is 63.2 Å². The van der Waals surface area contributed by atoms with Gasteiger partial charge in [-0.05, 0) is 108 Å². The Balaban J connectivity index is 1.46. The SMILES string of the molecule is CN(C(=O)C1CCCN1C(=O)C(NC(=O)/C=C/c1ccc2c(c1)CC(C)(C)O2)C(C)(C)C)c1ccc(I)cc1. The Kier molecular flexibility index (Phi) is 8.44. The van der Waals surface area contributed by atoms with Crippen molar-refractivity contribution in [2.45, 2.75) is 71.6 Å². The van der Waals surface area contributed by atoms with Gasteiger partial charge in [0.2, 0.25) is 17.7 Å². The number of halogens is 1. The topological polar surface area (TPSA) is 79.0 Å². The van der Waals surface area contributed by atoms with Gasteiger partial charge in [-0.1, -0.05) is 26.8 Å². The largest absolute Gasteiger partial charge is 0.487 e. The van der Waals surface area contributed by atoms with E-state index < -0.39 is 17.5 Å². The average Bonchev–Trinajstić information content (AvgIpc) is 3.47. The van der Waals surface area contributed by atoms with Crippen molar-refractivity contribution in [2.24, 2.45) is 5.41 Å². The molecule has 2 aliphatic rings. The molecule has 0 radical (unpaired) electrons. The number of likely N-dealkylation sites (N-methyl/N-ethyl adjacent to an activating group) is 1. The minimum absolute atomic E-state index is 0.121. The molecule has 1 N–H and O–H groups in total. The number of nitrogens with one attached hydrogen (secondary N) is 1. The van der Waals surface area contributed by atoms with Crippen LogP contribution in [0.4, 0.5) is 5.69 Å². The molecule has 8 heteroatoms. The molecule has 2 aromatic rings. The number of carbonyl (C=O) groups is 3. The van der Waals surface area contributed by atoms with Crippen molar-refractivity contribution in [3.63, 3.8) is 0 Å². The van der Waals surface area contributed by atoms with Crippen LogP contribution in [0.15, 0.2) is 48.5 Å². The van der Waals surface area contributed by atoms with Crippen molar-refractivity contribution in [3.8, 4) is 5.75 Å². The van der Waals surface area contributed by atoms with Gasteiger partial charge >= 0.3 is 0 Å². The van der Waals surface area contributed by atoms with E-state index in [2.05, 4.69) is 41.8 Å². The number of anilines is 1. The summed E-state index contributed by atoms with van der Waals surface area (Å²) < 4.78 is 7.02. The summed E-state index contributed by atoms with van der Waals surface area (Å²) in [6, 6.07) is 12.3. The average molecular weight is 644 g/mol. The zero-order valence-corrected chi connectivity index (χ0v) is 25.7. The van der Waals surface area contributed by atoms with Crippen molar-refractivity contribution in [3.05, 3.63) is 63.2 Å². The first kappa shape index (κ1) is 29.1. The van der Waals surface area contributed by atoms with E-state index in [0.717, 1.165) is 39.0 Å². The van der Waals surface area contributed by atoms with E-state index in [9.17, 15) is 14.4 Å². The van der Waals surface area contributed by atoms with Gasteiger partial charge in [0, 0.05) is 35.3 Å². The second-order valence-electron chi connectivity index (χ2n) is 12.1. The number of carbonyl (C=O) groups excluding carboxylic acids is 3. The Bertz CT molecular complexity index is 1280. The first-order valence-corrected chi connectivity index (χ1v) is 14.5. The van der Waals surface area contributed by atoms with Crippen LogP contribution in [0, 0.1) is 8.99 Å². The molecule has 0 spiro atoms. The Labute approximate surface area is 245 Å². The van der Waals surface area contributed by atoms with Crippen molar-refractivity contribution >= 4 is 52.1 Å². The van der Waals surface area contributed by atoms with Crippen LogP contribution < -0.4 is 15.0 Å². The summed E-state index contributed by atoms with van der Waals surface area (Å²) in [5.74, 6) is 0.179.